The molecule has 0 amide bonds. The Morgan fingerprint density at radius 1 is 0.579 bits per heavy atom. The predicted octanol–water partition coefficient (Wildman–Crippen LogP) is 10.6. The van der Waals surface area contributed by atoms with Crippen LogP contribution in [-0.2, 0) is 9.53 Å². The van der Waals surface area contributed by atoms with Gasteiger partial charge in [0.25, 0.3) is 0 Å². The third-order valence-electron chi connectivity index (χ3n) is 12.1. The first kappa shape index (κ1) is 28.7. The summed E-state index contributed by atoms with van der Waals surface area (Å²) in [5.74, 6) is 3.71. The molecule has 38 heavy (non-hydrogen) atoms. The van der Waals surface area contributed by atoms with Crippen LogP contribution in [0.15, 0.2) is 12.2 Å². The molecule has 0 saturated heterocycles. The average Bonchev–Trinajstić information content (AvgIpc) is 3.00. The maximum atomic E-state index is 14.2. The number of esters is 1. The minimum Gasteiger partial charge on any atom is -0.465 e. The van der Waals surface area contributed by atoms with Crippen molar-refractivity contribution < 1.29 is 9.53 Å². The molecule has 2 nitrogen and oxygen atoms in total. The minimum absolute atomic E-state index is 0.0810. The van der Waals surface area contributed by atoms with Crippen LogP contribution in [0.25, 0.3) is 0 Å². The molecule has 0 unspecified atom stereocenters. The first-order valence-electron chi connectivity index (χ1n) is 17.6. The van der Waals surface area contributed by atoms with Crippen molar-refractivity contribution in [1.29, 1.82) is 0 Å². The van der Waals surface area contributed by atoms with E-state index >= 15 is 0 Å². The number of hydrogen-bond acceptors (Lipinski definition) is 2. The van der Waals surface area contributed by atoms with Crippen molar-refractivity contribution in [2.75, 3.05) is 6.61 Å². The van der Waals surface area contributed by atoms with Crippen LogP contribution in [0.4, 0.5) is 0 Å². The van der Waals surface area contributed by atoms with E-state index in [1.54, 1.807) is 0 Å². The molecule has 5 aliphatic rings. The molecule has 0 N–H and O–H groups in total. The Morgan fingerprint density at radius 3 is 1.42 bits per heavy atom. The fourth-order valence-electron chi connectivity index (χ4n) is 9.86. The zero-order chi connectivity index (χ0) is 26.0. The third-order valence-corrected chi connectivity index (χ3v) is 12.1. The summed E-state index contributed by atoms with van der Waals surface area (Å²) in [6.07, 6.45) is 39.0. The van der Waals surface area contributed by atoms with Gasteiger partial charge in [-0.05, 0) is 93.8 Å². The second kappa shape index (κ2) is 14.7. The Labute approximate surface area is 235 Å². The van der Waals surface area contributed by atoms with Gasteiger partial charge in [0.15, 0.2) is 0 Å². The van der Waals surface area contributed by atoms with Crippen LogP contribution in [0.2, 0.25) is 0 Å². The maximum absolute atomic E-state index is 14.2. The number of rotatable bonds is 9. The van der Waals surface area contributed by atoms with E-state index in [9.17, 15) is 4.79 Å². The molecule has 0 radical (unpaired) electrons. The second-order valence-electron chi connectivity index (χ2n) is 14.5. The summed E-state index contributed by atoms with van der Waals surface area (Å²) in [6, 6.07) is 0. The topological polar surface area (TPSA) is 26.3 Å². The van der Waals surface area contributed by atoms with E-state index in [0.29, 0.717) is 30.3 Å². The van der Waals surface area contributed by atoms with Gasteiger partial charge in [0.2, 0.25) is 0 Å². The lowest BCUT2D eigenvalue weighted by Crippen LogP contribution is -2.44. The van der Waals surface area contributed by atoms with Gasteiger partial charge in [-0.1, -0.05) is 108 Å². The van der Waals surface area contributed by atoms with Crippen LogP contribution in [0.3, 0.4) is 0 Å². The first-order valence-corrected chi connectivity index (χ1v) is 17.6. The van der Waals surface area contributed by atoms with E-state index in [4.69, 9.17) is 4.74 Å². The minimum atomic E-state index is 0.0810. The number of ether oxygens (including phenoxy) is 1. The molecule has 0 aromatic carbocycles. The highest BCUT2D eigenvalue weighted by Gasteiger charge is 2.46. The molecule has 0 aliphatic heterocycles. The van der Waals surface area contributed by atoms with Crippen molar-refractivity contribution in [3.8, 4) is 0 Å². The molecule has 2 heteroatoms. The number of hydrogen-bond donors (Lipinski definition) is 0. The van der Waals surface area contributed by atoms with Gasteiger partial charge >= 0.3 is 5.97 Å². The van der Waals surface area contributed by atoms with Crippen molar-refractivity contribution in [1.82, 2.24) is 0 Å². The zero-order valence-electron chi connectivity index (χ0n) is 24.8. The summed E-state index contributed by atoms with van der Waals surface area (Å²) in [4.78, 5) is 14.2. The molecule has 5 aliphatic carbocycles. The van der Waals surface area contributed by atoms with Crippen molar-refractivity contribution >= 4 is 5.97 Å². The molecule has 0 aromatic heterocycles. The Balaban J connectivity index is 1.39. The summed E-state index contributed by atoms with van der Waals surface area (Å²) in [5.41, 5.74) is 0.0810. The van der Waals surface area contributed by atoms with E-state index in [2.05, 4.69) is 12.2 Å². The lowest BCUT2D eigenvalue weighted by molar-refractivity contribution is -0.160. The fourth-order valence-corrected chi connectivity index (χ4v) is 9.86. The summed E-state index contributed by atoms with van der Waals surface area (Å²) in [6.45, 7) is 0.681. The van der Waals surface area contributed by atoms with Crippen molar-refractivity contribution in [3.63, 3.8) is 0 Å². The van der Waals surface area contributed by atoms with Crippen molar-refractivity contribution in [2.24, 2.45) is 40.9 Å². The first-order chi connectivity index (χ1) is 18.8. The predicted molar refractivity (Wildman–Crippen MR) is 159 cm³/mol. The Hall–Kier alpha value is -0.790. The van der Waals surface area contributed by atoms with Crippen molar-refractivity contribution in [3.05, 3.63) is 12.2 Å². The van der Waals surface area contributed by atoms with Crippen LogP contribution in [-0.4, -0.2) is 12.6 Å². The van der Waals surface area contributed by atoms with Crippen LogP contribution < -0.4 is 0 Å². The molecule has 0 aromatic rings. The lowest BCUT2D eigenvalue weighted by atomic mass is 9.58. The lowest BCUT2D eigenvalue weighted by Gasteiger charge is -2.48. The van der Waals surface area contributed by atoms with E-state index in [0.717, 1.165) is 5.92 Å². The van der Waals surface area contributed by atoms with Gasteiger partial charge in [-0.3, -0.25) is 4.79 Å². The zero-order valence-corrected chi connectivity index (χ0v) is 24.8. The molecular weight excluding hydrogens is 464 g/mol. The Bertz CT molecular complexity index is 674. The monoisotopic (exact) mass is 524 g/mol. The van der Waals surface area contributed by atoms with Crippen LogP contribution in [0, 0.1) is 40.9 Å². The highest BCUT2D eigenvalue weighted by Crippen LogP contribution is 2.51. The van der Waals surface area contributed by atoms with Crippen LogP contribution in [0.1, 0.15) is 161 Å². The number of allylic oxidation sites excluding steroid dienone is 1. The maximum Gasteiger partial charge on any atom is 0.309 e. The van der Waals surface area contributed by atoms with Gasteiger partial charge in [-0.2, -0.15) is 0 Å². The molecular formula is C36H60O2. The summed E-state index contributed by atoms with van der Waals surface area (Å²) >= 11 is 0. The summed E-state index contributed by atoms with van der Waals surface area (Å²) < 4.78 is 6.73. The van der Waals surface area contributed by atoms with Crippen LogP contribution in [0.5, 0.6) is 0 Å². The van der Waals surface area contributed by atoms with Gasteiger partial charge in [0.1, 0.15) is 6.61 Å². The standard InChI is InChI=1S/C36H60O2/c37-35(34(30-18-8-2-9-19-30)31-20-10-3-11-21-31)38-28-36(32-22-12-4-13-23-32,33-24-14-5-15-25-33)27-26-29-16-6-1-7-17-29/h26-27,29-34H,1-25,28H2/b27-26+. The second-order valence-corrected chi connectivity index (χ2v) is 14.5. The molecule has 0 atom stereocenters. The van der Waals surface area contributed by atoms with Gasteiger partial charge in [0, 0.05) is 5.41 Å². The summed E-state index contributed by atoms with van der Waals surface area (Å²) in [5, 5.41) is 0. The van der Waals surface area contributed by atoms with E-state index in [1.807, 2.05) is 0 Å². The normalized spacial score (nSPS) is 26.8. The average molecular weight is 525 g/mol. The molecule has 0 heterocycles. The van der Waals surface area contributed by atoms with Crippen molar-refractivity contribution in [2.45, 2.75) is 161 Å². The quantitative estimate of drug-likeness (QED) is 0.221. The highest BCUT2D eigenvalue weighted by molar-refractivity contribution is 5.73. The molecule has 5 saturated carbocycles. The number of carbonyl (C=O) groups is 1. The fraction of sp³-hybridized carbons (Fsp3) is 0.917. The van der Waals surface area contributed by atoms with E-state index in [1.165, 1.54) is 161 Å². The molecule has 5 rings (SSSR count). The summed E-state index contributed by atoms with van der Waals surface area (Å²) in [7, 11) is 0. The van der Waals surface area contributed by atoms with E-state index in [-0.39, 0.29) is 17.3 Å². The van der Waals surface area contributed by atoms with E-state index < -0.39 is 0 Å². The Morgan fingerprint density at radius 2 is 0.974 bits per heavy atom. The molecule has 5 fully saturated rings. The Kier molecular flexibility index (Phi) is 11.1. The van der Waals surface area contributed by atoms with Crippen LogP contribution >= 0.6 is 0 Å². The van der Waals surface area contributed by atoms with Gasteiger partial charge in [-0.25, -0.2) is 0 Å². The number of carbonyl (C=O) groups excluding carboxylic acids is 1. The smallest absolute Gasteiger partial charge is 0.309 e. The molecule has 216 valence electrons. The largest absolute Gasteiger partial charge is 0.465 e. The third kappa shape index (κ3) is 7.28. The van der Waals surface area contributed by atoms with Gasteiger partial charge in [-0.15, -0.1) is 0 Å². The molecule has 0 spiro atoms. The highest BCUT2D eigenvalue weighted by atomic mass is 16.5. The van der Waals surface area contributed by atoms with Gasteiger partial charge < -0.3 is 4.74 Å². The van der Waals surface area contributed by atoms with Gasteiger partial charge in [0.05, 0.1) is 5.92 Å². The SMILES string of the molecule is O=C(OCC(/C=C/C1CCCCC1)(C1CCCCC1)C1CCCCC1)C(C1CCCCC1)C1CCCCC1. The molecule has 0 bridgehead atoms.